The number of nitrogens with zero attached hydrogens (tertiary/aromatic N) is 5. The summed E-state index contributed by atoms with van der Waals surface area (Å²) in [6.07, 6.45) is 6.10. The molecule has 0 spiro atoms. The monoisotopic (exact) mass is 552 g/mol. The Bertz CT molecular complexity index is 1170. The van der Waals surface area contributed by atoms with E-state index in [1.807, 2.05) is 37.4 Å². The van der Waals surface area contributed by atoms with E-state index in [4.69, 9.17) is 4.74 Å². The normalized spacial score (nSPS) is 16.2. The van der Waals surface area contributed by atoms with Crippen molar-refractivity contribution in [3.8, 4) is 0 Å². The predicted octanol–water partition coefficient (Wildman–Crippen LogP) is 4.87. The average molecular weight is 553 g/mol. The fourth-order valence-corrected chi connectivity index (χ4v) is 4.96. The van der Waals surface area contributed by atoms with Gasteiger partial charge in [0.1, 0.15) is 29.9 Å². The van der Waals surface area contributed by atoms with E-state index < -0.39 is 0 Å². The van der Waals surface area contributed by atoms with Crippen molar-refractivity contribution in [2.45, 2.75) is 44.4 Å². The van der Waals surface area contributed by atoms with Crippen molar-refractivity contribution in [2.24, 2.45) is 0 Å². The van der Waals surface area contributed by atoms with Gasteiger partial charge in [-0.3, -0.25) is 0 Å². The third-order valence-electron chi connectivity index (χ3n) is 7.48. The van der Waals surface area contributed by atoms with Crippen LogP contribution in [0, 0.1) is 11.6 Å². The SMILES string of the molecule is CN(C(=O)OCc1ccccc1)C1CCN(c2ccc(F)cn2)CC1.CNC1CCN(c2ccc(F)cn2)CC1. The van der Waals surface area contributed by atoms with E-state index in [9.17, 15) is 13.6 Å². The summed E-state index contributed by atoms with van der Waals surface area (Å²) in [6, 6.07) is 16.7. The third kappa shape index (κ3) is 8.35. The number of pyridine rings is 2. The van der Waals surface area contributed by atoms with Gasteiger partial charge in [-0.25, -0.2) is 23.5 Å². The smallest absolute Gasteiger partial charge is 0.410 e. The van der Waals surface area contributed by atoms with Gasteiger partial charge in [-0.05, 0) is 62.6 Å². The number of aromatic nitrogens is 2. The first-order valence-electron chi connectivity index (χ1n) is 13.8. The van der Waals surface area contributed by atoms with E-state index in [1.54, 1.807) is 24.1 Å². The lowest BCUT2D eigenvalue weighted by Gasteiger charge is -2.36. The second-order valence-electron chi connectivity index (χ2n) is 10.1. The van der Waals surface area contributed by atoms with E-state index >= 15 is 0 Å². The van der Waals surface area contributed by atoms with Crippen molar-refractivity contribution in [3.05, 3.63) is 84.2 Å². The third-order valence-corrected chi connectivity index (χ3v) is 7.48. The number of carbonyl (C=O) groups is 1. The zero-order valence-electron chi connectivity index (χ0n) is 23.2. The average Bonchev–Trinajstić information content (AvgIpc) is 3.01. The number of rotatable bonds is 6. The zero-order chi connectivity index (χ0) is 28.3. The molecule has 2 aromatic heterocycles. The van der Waals surface area contributed by atoms with Crippen LogP contribution in [0.4, 0.5) is 25.2 Å². The Morgan fingerprint density at radius 3 is 1.88 bits per heavy atom. The Morgan fingerprint density at radius 1 is 0.875 bits per heavy atom. The predicted molar refractivity (Wildman–Crippen MR) is 152 cm³/mol. The number of amides is 1. The van der Waals surface area contributed by atoms with Crippen LogP contribution in [0.3, 0.4) is 0 Å². The quantitative estimate of drug-likeness (QED) is 0.468. The molecule has 1 aromatic carbocycles. The Hall–Kier alpha value is -3.79. The molecule has 40 heavy (non-hydrogen) atoms. The summed E-state index contributed by atoms with van der Waals surface area (Å²) < 4.78 is 31.0. The molecule has 214 valence electrons. The van der Waals surface area contributed by atoms with Gasteiger partial charge in [0, 0.05) is 45.3 Å². The van der Waals surface area contributed by atoms with E-state index in [1.165, 1.54) is 24.5 Å². The lowest BCUT2D eigenvalue weighted by molar-refractivity contribution is 0.0862. The molecule has 3 aromatic rings. The van der Waals surface area contributed by atoms with Crippen LogP contribution in [0.15, 0.2) is 67.0 Å². The number of nitrogens with one attached hydrogen (secondary N) is 1. The molecule has 2 aliphatic heterocycles. The van der Waals surface area contributed by atoms with Crippen LogP contribution < -0.4 is 15.1 Å². The van der Waals surface area contributed by atoms with Gasteiger partial charge < -0.3 is 24.8 Å². The molecule has 0 radical (unpaired) electrons. The summed E-state index contributed by atoms with van der Waals surface area (Å²) in [6.45, 7) is 3.82. The fourth-order valence-electron chi connectivity index (χ4n) is 4.96. The van der Waals surface area contributed by atoms with Gasteiger partial charge in [0.25, 0.3) is 0 Å². The lowest BCUT2D eigenvalue weighted by Crippen LogP contribution is -2.46. The highest BCUT2D eigenvalue weighted by Gasteiger charge is 2.27. The molecule has 4 heterocycles. The Balaban J connectivity index is 0.000000210. The molecule has 1 amide bonds. The van der Waals surface area contributed by atoms with E-state index in [2.05, 4.69) is 25.1 Å². The molecule has 8 nitrogen and oxygen atoms in total. The van der Waals surface area contributed by atoms with Gasteiger partial charge >= 0.3 is 6.09 Å². The molecule has 0 atom stereocenters. The van der Waals surface area contributed by atoms with Crippen molar-refractivity contribution in [1.82, 2.24) is 20.2 Å². The minimum atomic E-state index is -0.334. The van der Waals surface area contributed by atoms with E-state index in [0.29, 0.717) is 6.04 Å². The molecular formula is C30H38F2N6O2. The maximum Gasteiger partial charge on any atom is 0.410 e. The number of anilines is 2. The summed E-state index contributed by atoms with van der Waals surface area (Å²) in [5.74, 6) is 1.04. The zero-order valence-corrected chi connectivity index (χ0v) is 23.2. The summed E-state index contributed by atoms with van der Waals surface area (Å²) in [5.41, 5.74) is 0.974. The van der Waals surface area contributed by atoms with Crippen LogP contribution in [0.25, 0.3) is 0 Å². The largest absolute Gasteiger partial charge is 0.445 e. The van der Waals surface area contributed by atoms with E-state index in [0.717, 1.165) is 69.1 Å². The minimum absolute atomic E-state index is 0.139. The van der Waals surface area contributed by atoms with Crippen molar-refractivity contribution >= 4 is 17.7 Å². The number of benzene rings is 1. The summed E-state index contributed by atoms with van der Waals surface area (Å²) >= 11 is 0. The Labute approximate surface area is 235 Å². The molecule has 0 bridgehead atoms. The highest BCUT2D eigenvalue weighted by molar-refractivity contribution is 5.67. The maximum absolute atomic E-state index is 13.0. The van der Waals surface area contributed by atoms with Crippen LogP contribution in [0.5, 0.6) is 0 Å². The topological polar surface area (TPSA) is 73.8 Å². The molecule has 0 saturated carbocycles. The van der Waals surface area contributed by atoms with Crippen LogP contribution in [-0.4, -0.2) is 73.3 Å². The molecular weight excluding hydrogens is 514 g/mol. The van der Waals surface area contributed by atoms with E-state index in [-0.39, 0.29) is 30.4 Å². The van der Waals surface area contributed by atoms with Gasteiger partial charge in [0.15, 0.2) is 0 Å². The van der Waals surface area contributed by atoms with Crippen LogP contribution >= 0.6 is 0 Å². The number of hydrogen-bond acceptors (Lipinski definition) is 7. The fraction of sp³-hybridized carbons (Fsp3) is 0.433. The molecule has 5 rings (SSSR count). The molecule has 1 N–H and O–H groups in total. The van der Waals surface area contributed by atoms with Crippen molar-refractivity contribution < 1.29 is 18.3 Å². The second kappa shape index (κ2) is 14.6. The molecule has 2 saturated heterocycles. The van der Waals surface area contributed by atoms with Crippen LogP contribution in [0.2, 0.25) is 0 Å². The number of hydrogen-bond donors (Lipinski definition) is 1. The minimum Gasteiger partial charge on any atom is -0.445 e. The number of ether oxygens (including phenoxy) is 1. The Morgan fingerprint density at radius 2 is 1.40 bits per heavy atom. The van der Waals surface area contributed by atoms with Gasteiger partial charge in [0.2, 0.25) is 0 Å². The number of halogens is 2. The number of carbonyl (C=O) groups excluding carboxylic acids is 1. The van der Waals surface area contributed by atoms with Crippen LogP contribution in [-0.2, 0) is 11.3 Å². The highest BCUT2D eigenvalue weighted by atomic mass is 19.1. The molecule has 0 unspecified atom stereocenters. The van der Waals surface area contributed by atoms with Gasteiger partial charge in [-0.15, -0.1) is 0 Å². The van der Waals surface area contributed by atoms with Crippen molar-refractivity contribution in [1.29, 1.82) is 0 Å². The molecule has 2 fully saturated rings. The standard InChI is InChI=1S/C19H22FN3O2.C11H16FN3/c1-22(19(24)25-14-15-5-3-2-4-6-15)17-9-11-23(12-10-17)18-8-7-16(20)13-21-18;1-13-10-4-6-15(7-5-10)11-3-2-9(12)8-14-11/h2-8,13,17H,9-12,14H2,1H3;2-3,8,10,13H,4-7H2,1H3. The summed E-state index contributed by atoms with van der Waals surface area (Å²) in [4.78, 5) is 26.4. The summed E-state index contributed by atoms with van der Waals surface area (Å²) in [7, 11) is 3.78. The molecule has 10 heteroatoms. The van der Waals surface area contributed by atoms with Crippen molar-refractivity contribution in [3.63, 3.8) is 0 Å². The lowest BCUT2D eigenvalue weighted by atomic mass is 10.0. The second-order valence-corrected chi connectivity index (χ2v) is 10.1. The molecule has 0 aliphatic carbocycles. The van der Waals surface area contributed by atoms with Crippen molar-refractivity contribution in [2.75, 3.05) is 50.1 Å². The summed E-state index contributed by atoms with van der Waals surface area (Å²) in [5, 5.41) is 3.28. The highest BCUT2D eigenvalue weighted by Crippen LogP contribution is 2.21. The first-order chi connectivity index (χ1) is 19.4. The van der Waals surface area contributed by atoms with Crippen LogP contribution in [0.1, 0.15) is 31.2 Å². The Kier molecular flexibility index (Phi) is 10.6. The van der Waals surface area contributed by atoms with Gasteiger partial charge in [0.05, 0.1) is 12.4 Å². The van der Waals surface area contributed by atoms with Gasteiger partial charge in [-0.2, -0.15) is 0 Å². The number of piperidine rings is 2. The maximum atomic E-state index is 13.0. The first-order valence-corrected chi connectivity index (χ1v) is 13.8. The van der Waals surface area contributed by atoms with Gasteiger partial charge in [-0.1, -0.05) is 30.3 Å². The molecule has 2 aliphatic rings. The first kappa shape index (κ1) is 29.2.